The molecule has 1 aromatic carbocycles. The number of benzene rings is 1. The molecule has 0 saturated heterocycles. The highest BCUT2D eigenvalue weighted by Gasteiger charge is 2.24. The molecule has 19 heavy (non-hydrogen) atoms. The molecular formula is C15H17NO2S. The van der Waals surface area contributed by atoms with Gasteiger partial charge >= 0.3 is 5.97 Å². The van der Waals surface area contributed by atoms with Crippen LogP contribution in [0, 0.1) is 6.92 Å². The third-order valence-corrected chi connectivity index (χ3v) is 4.22. The van der Waals surface area contributed by atoms with Crippen molar-refractivity contribution in [3.05, 3.63) is 51.5 Å². The number of aromatic nitrogens is 1. The van der Waals surface area contributed by atoms with Crippen LogP contribution in [0.25, 0.3) is 0 Å². The molecule has 3 nitrogen and oxygen atoms in total. The monoisotopic (exact) mass is 275 g/mol. The first-order chi connectivity index (χ1) is 9.11. The number of thiazole rings is 1. The highest BCUT2D eigenvalue weighted by Crippen LogP contribution is 2.26. The van der Waals surface area contributed by atoms with Gasteiger partial charge in [-0.15, -0.1) is 11.3 Å². The van der Waals surface area contributed by atoms with Crippen LogP contribution in [0.5, 0.6) is 0 Å². The van der Waals surface area contributed by atoms with Gasteiger partial charge < -0.3 is 5.11 Å². The van der Waals surface area contributed by atoms with Crippen molar-refractivity contribution in [1.82, 2.24) is 4.98 Å². The summed E-state index contributed by atoms with van der Waals surface area (Å²) in [6, 6.07) is 7.90. The maximum Gasteiger partial charge on any atom is 0.313 e. The second-order valence-electron chi connectivity index (χ2n) is 4.55. The lowest BCUT2D eigenvalue weighted by molar-refractivity contribution is -0.138. The first-order valence-electron chi connectivity index (χ1n) is 6.33. The molecule has 0 amide bonds. The summed E-state index contributed by atoms with van der Waals surface area (Å²) in [4.78, 5) is 15.9. The predicted octanol–water partition coefficient (Wildman–Crippen LogP) is 3.42. The molecule has 100 valence electrons. The van der Waals surface area contributed by atoms with Crippen LogP contribution in [-0.2, 0) is 17.6 Å². The Kier molecular flexibility index (Phi) is 4.32. The molecule has 0 aliphatic carbocycles. The Hall–Kier alpha value is -1.68. The molecule has 0 spiro atoms. The fraction of sp³-hybridized carbons (Fsp3) is 0.333. The molecule has 0 aliphatic rings. The summed E-state index contributed by atoms with van der Waals surface area (Å²) in [5, 5.41) is 12.1. The van der Waals surface area contributed by atoms with Gasteiger partial charge in [-0.1, -0.05) is 31.2 Å². The van der Waals surface area contributed by atoms with Crippen molar-refractivity contribution >= 4 is 17.3 Å². The largest absolute Gasteiger partial charge is 0.481 e. The number of carboxylic acid groups (broad SMARTS) is 1. The molecule has 0 saturated carbocycles. The van der Waals surface area contributed by atoms with Gasteiger partial charge in [-0.05, 0) is 30.9 Å². The highest BCUT2D eigenvalue weighted by molar-refractivity contribution is 7.09. The predicted molar refractivity (Wildman–Crippen MR) is 76.8 cm³/mol. The molecule has 0 fully saturated rings. The maximum atomic E-state index is 11.5. The quantitative estimate of drug-likeness (QED) is 0.909. The minimum absolute atomic E-state index is 0.499. The maximum absolute atomic E-state index is 11.5. The molecule has 0 aliphatic heterocycles. The van der Waals surface area contributed by atoms with Crippen LogP contribution in [-0.4, -0.2) is 16.1 Å². The van der Waals surface area contributed by atoms with E-state index in [-0.39, 0.29) is 0 Å². The van der Waals surface area contributed by atoms with Crippen LogP contribution in [0.15, 0.2) is 29.6 Å². The Balaban J connectivity index is 2.26. The smallest absolute Gasteiger partial charge is 0.313 e. The number of nitrogens with zero attached hydrogens (tertiary/aromatic N) is 1. The van der Waals surface area contributed by atoms with E-state index in [0.717, 1.165) is 23.2 Å². The minimum atomic E-state index is -0.805. The molecule has 2 rings (SSSR count). The first kappa shape index (κ1) is 13.7. The van der Waals surface area contributed by atoms with Gasteiger partial charge in [0.25, 0.3) is 0 Å². The van der Waals surface area contributed by atoms with E-state index in [1.165, 1.54) is 11.3 Å². The van der Waals surface area contributed by atoms with Gasteiger partial charge in [-0.3, -0.25) is 4.79 Å². The number of hydrogen-bond donors (Lipinski definition) is 1. The third-order valence-electron chi connectivity index (χ3n) is 3.21. The van der Waals surface area contributed by atoms with Crippen molar-refractivity contribution in [2.45, 2.75) is 32.6 Å². The number of rotatable bonds is 5. The van der Waals surface area contributed by atoms with Crippen molar-refractivity contribution in [2.75, 3.05) is 0 Å². The number of carbonyl (C=O) groups is 1. The number of aryl methyl sites for hydroxylation is 2. The molecule has 0 bridgehead atoms. The van der Waals surface area contributed by atoms with Crippen molar-refractivity contribution in [3.63, 3.8) is 0 Å². The van der Waals surface area contributed by atoms with Crippen molar-refractivity contribution in [3.8, 4) is 0 Å². The molecule has 0 radical (unpaired) electrons. The molecule has 4 heteroatoms. The van der Waals surface area contributed by atoms with Gasteiger partial charge in [0, 0.05) is 5.38 Å². The van der Waals surface area contributed by atoms with Crippen LogP contribution >= 0.6 is 11.3 Å². The van der Waals surface area contributed by atoms with E-state index in [0.29, 0.717) is 11.4 Å². The average Bonchev–Trinajstić information content (AvgIpc) is 2.86. The fourth-order valence-corrected chi connectivity index (χ4v) is 2.98. The summed E-state index contributed by atoms with van der Waals surface area (Å²) in [5.74, 6) is -1.35. The Morgan fingerprint density at radius 3 is 2.74 bits per heavy atom. The number of aliphatic carboxylic acids is 1. The van der Waals surface area contributed by atoms with E-state index in [9.17, 15) is 9.90 Å². The van der Waals surface area contributed by atoms with Gasteiger partial charge in [0.1, 0.15) is 10.9 Å². The van der Waals surface area contributed by atoms with Crippen molar-refractivity contribution in [1.29, 1.82) is 0 Å². The fourth-order valence-electron chi connectivity index (χ4n) is 1.98. The molecule has 1 N–H and O–H groups in total. The van der Waals surface area contributed by atoms with Gasteiger partial charge in [0.05, 0.1) is 5.69 Å². The van der Waals surface area contributed by atoms with Crippen molar-refractivity contribution < 1.29 is 9.90 Å². The SMILES string of the molecule is CCc1csc(C(Cc2ccccc2C)C(=O)O)n1. The van der Waals surface area contributed by atoms with Crippen LogP contribution in [0.2, 0.25) is 0 Å². The molecule has 2 aromatic rings. The number of hydrogen-bond acceptors (Lipinski definition) is 3. The van der Waals surface area contributed by atoms with Gasteiger partial charge in [0.2, 0.25) is 0 Å². The summed E-state index contributed by atoms with van der Waals surface area (Å²) in [6.07, 6.45) is 1.34. The average molecular weight is 275 g/mol. The van der Waals surface area contributed by atoms with E-state index in [1.807, 2.05) is 43.5 Å². The Bertz CT molecular complexity index is 577. The van der Waals surface area contributed by atoms with E-state index in [1.54, 1.807) is 0 Å². The standard InChI is InChI=1S/C15H17NO2S/c1-3-12-9-19-14(16-12)13(15(17)18)8-11-7-5-4-6-10(11)2/h4-7,9,13H,3,8H2,1-2H3,(H,17,18). The van der Waals surface area contributed by atoms with E-state index in [4.69, 9.17) is 0 Å². The molecular weight excluding hydrogens is 258 g/mol. The molecule has 1 atom stereocenters. The molecule has 1 aromatic heterocycles. The summed E-state index contributed by atoms with van der Waals surface area (Å²) < 4.78 is 0. The lowest BCUT2D eigenvalue weighted by atomic mass is 9.96. The Morgan fingerprint density at radius 2 is 2.16 bits per heavy atom. The van der Waals surface area contributed by atoms with Crippen LogP contribution in [0.1, 0.15) is 34.7 Å². The lowest BCUT2D eigenvalue weighted by Crippen LogP contribution is -2.15. The molecule has 1 heterocycles. The van der Waals surface area contributed by atoms with Crippen LogP contribution in [0.4, 0.5) is 0 Å². The highest BCUT2D eigenvalue weighted by atomic mass is 32.1. The van der Waals surface area contributed by atoms with Crippen LogP contribution in [0.3, 0.4) is 0 Å². The normalized spacial score (nSPS) is 12.3. The van der Waals surface area contributed by atoms with Gasteiger partial charge in [0.15, 0.2) is 0 Å². The van der Waals surface area contributed by atoms with Crippen molar-refractivity contribution in [2.24, 2.45) is 0 Å². The first-order valence-corrected chi connectivity index (χ1v) is 7.21. The van der Waals surface area contributed by atoms with Gasteiger partial charge in [-0.25, -0.2) is 4.98 Å². The summed E-state index contributed by atoms with van der Waals surface area (Å²) in [6.45, 7) is 4.03. The minimum Gasteiger partial charge on any atom is -0.481 e. The number of carboxylic acids is 1. The zero-order chi connectivity index (χ0) is 13.8. The summed E-state index contributed by atoms with van der Waals surface area (Å²) in [5.41, 5.74) is 3.17. The Labute approximate surface area is 116 Å². The van der Waals surface area contributed by atoms with E-state index in [2.05, 4.69) is 4.98 Å². The van der Waals surface area contributed by atoms with E-state index >= 15 is 0 Å². The summed E-state index contributed by atoms with van der Waals surface area (Å²) >= 11 is 1.44. The zero-order valence-corrected chi connectivity index (χ0v) is 11.9. The second kappa shape index (κ2) is 5.97. The topological polar surface area (TPSA) is 50.2 Å². The Morgan fingerprint density at radius 1 is 1.42 bits per heavy atom. The summed E-state index contributed by atoms with van der Waals surface area (Å²) in [7, 11) is 0. The van der Waals surface area contributed by atoms with E-state index < -0.39 is 11.9 Å². The van der Waals surface area contributed by atoms with Gasteiger partial charge in [-0.2, -0.15) is 0 Å². The lowest BCUT2D eigenvalue weighted by Gasteiger charge is -2.11. The van der Waals surface area contributed by atoms with Crippen LogP contribution < -0.4 is 0 Å². The molecule has 1 unspecified atom stereocenters. The third kappa shape index (κ3) is 3.20. The zero-order valence-electron chi connectivity index (χ0n) is 11.1. The second-order valence-corrected chi connectivity index (χ2v) is 5.44.